The molecule has 0 aromatic heterocycles. The predicted molar refractivity (Wildman–Crippen MR) is 91.8 cm³/mol. The van der Waals surface area contributed by atoms with E-state index in [1.165, 1.54) is 29.2 Å². The number of piperidine rings is 1. The number of carbonyl (C=O) groups is 2. The van der Waals surface area contributed by atoms with Crippen molar-refractivity contribution in [1.29, 1.82) is 0 Å². The standard InChI is InChI=1S/C19H24F2N2O2/c1-3-18(24)22(4-2)13-19(25)23-10-8-14(9-11-23)12-15-16(20)6-5-7-17(15)21/h3,5-7,14H,1,4,8-13H2,2H3. The van der Waals surface area contributed by atoms with Gasteiger partial charge in [-0.25, -0.2) is 8.78 Å². The van der Waals surface area contributed by atoms with Crippen LogP contribution in [0.15, 0.2) is 30.9 Å². The molecule has 0 unspecified atom stereocenters. The summed E-state index contributed by atoms with van der Waals surface area (Å²) in [4.78, 5) is 27.1. The van der Waals surface area contributed by atoms with Gasteiger partial charge in [0.1, 0.15) is 11.6 Å². The Morgan fingerprint density at radius 3 is 2.40 bits per heavy atom. The van der Waals surface area contributed by atoms with Crippen LogP contribution in [0.1, 0.15) is 25.3 Å². The lowest BCUT2D eigenvalue weighted by atomic mass is 9.89. The highest BCUT2D eigenvalue weighted by Crippen LogP contribution is 2.24. The molecule has 1 aliphatic rings. The van der Waals surface area contributed by atoms with E-state index in [0.717, 1.165) is 0 Å². The van der Waals surface area contributed by atoms with Crippen LogP contribution in [0.4, 0.5) is 8.78 Å². The summed E-state index contributed by atoms with van der Waals surface area (Å²) in [6, 6.07) is 3.90. The fourth-order valence-electron chi connectivity index (χ4n) is 3.14. The lowest BCUT2D eigenvalue weighted by molar-refractivity contribution is -0.139. The first kappa shape index (κ1) is 19.1. The molecule has 136 valence electrons. The Morgan fingerprint density at radius 1 is 1.28 bits per heavy atom. The van der Waals surface area contributed by atoms with Crippen molar-refractivity contribution < 1.29 is 18.4 Å². The van der Waals surface area contributed by atoms with Gasteiger partial charge in [0.2, 0.25) is 11.8 Å². The summed E-state index contributed by atoms with van der Waals surface area (Å²) >= 11 is 0. The topological polar surface area (TPSA) is 40.6 Å². The first-order valence-electron chi connectivity index (χ1n) is 8.58. The van der Waals surface area contributed by atoms with Crippen LogP contribution in [0.3, 0.4) is 0 Å². The highest BCUT2D eigenvalue weighted by Gasteiger charge is 2.26. The van der Waals surface area contributed by atoms with E-state index >= 15 is 0 Å². The Kier molecular flexibility index (Phi) is 6.67. The molecule has 1 aromatic carbocycles. The van der Waals surface area contributed by atoms with Gasteiger partial charge in [-0.05, 0) is 50.3 Å². The largest absolute Gasteiger partial charge is 0.341 e. The van der Waals surface area contributed by atoms with E-state index in [4.69, 9.17) is 0 Å². The zero-order chi connectivity index (χ0) is 18.4. The van der Waals surface area contributed by atoms with Crippen molar-refractivity contribution in [1.82, 2.24) is 9.80 Å². The van der Waals surface area contributed by atoms with E-state index in [1.54, 1.807) is 4.90 Å². The molecule has 0 radical (unpaired) electrons. The first-order valence-corrected chi connectivity index (χ1v) is 8.58. The molecular weight excluding hydrogens is 326 g/mol. The van der Waals surface area contributed by atoms with Crippen molar-refractivity contribution in [3.05, 3.63) is 48.1 Å². The number of rotatable bonds is 6. The van der Waals surface area contributed by atoms with Gasteiger partial charge in [-0.2, -0.15) is 0 Å². The third kappa shape index (κ3) is 4.87. The summed E-state index contributed by atoms with van der Waals surface area (Å²) in [5.74, 6) is -1.25. The van der Waals surface area contributed by atoms with Gasteiger partial charge in [0, 0.05) is 25.2 Å². The number of hydrogen-bond donors (Lipinski definition) is 0. The Hall–Kier alpha value is -2.24. The number of amides is 2. The highest BCUT2D eigenvalue weighted by atomic mass is 19.1. The lowest BCUT2D eigenvalue weighted by Crippen LogP contribution is -2.45. The normalized spacial score (nSPS) is 15.1. The van der Waals surface area contributed by atoms with Crippen molar-refractivity contribution in [2.24, 2.45) is 5.92 Å². The molecule has 0 atom stereocenters. The molecule has 1 saturated heterocycles. The van der Waals surface area contributed by atoms with Gasteiger partial charge in [-0.15, -0.1) is 0 Å². The van der Waals surface area contributed by atoms with Gasteiger partial charge in [0.15, 0.2) is 0 Å². The van der Waals surface area contributed by atoms with Crippen LogP contribution in [-0.4, -0.2) is 47.8 Å². The fraction of sp³-hybridized carbons (Fsp3) is 0.474. The predicted octanol–water partition coefficient (Wildman–Crippen LogP) is 2.78. The minimum Gasteiger partial charge on any atom is -0.341 e. The van der Waals surface area contributed by atoms with E-state index in [2.05, 4.69) is 6.58 Å². The summed E-state index contributed by atoms with van der Waals surface area (Å²) in [5, 5.41) is 0. The summed E-state index contributed by atoms with van der Waals surface area (Å²) < 4.78 is 27.5. The molecule has 1 aliphatic heterocycles. The third-order valence-corrected chi connectivity index (χ3v) is 4.72. The highest BCUT2D eigenvalue weighted by molar-refractivity contribution is 5.90. The van der Waals surface area contributed by atoms with E-state index < -0.39 is 11.6 Å². The summed E-state index contributed by atoms with van der Waals surface area (Å²) in [7, 11) is 0. The molecule has 0 aliphatic carbocycles. The van der Waals surface area contributed by atoms with Crippen molar-refractivity contribution in [2.75, 3.05) is 26.2 Å². The molecule has 25 heavy (non-hydrogen) atoms. The van der Waals surface area contributed by atoms with Gasteiger partial charge in [0.25, 0.3) is 0 Å². The Bertz CT molecular complexity index is 620. The van der Waals surface area contributed by atoms with Crippen molar-refractivity contribution in [3.63, 3.8) is 0 Å². The molecule has 1 heterocycles. The average Bonchev–Trinajstić information content (AvgIpc) is 2.62. The van der Waals surface area contributed by atoms with Crippen LogP contribution in [-0.2, 0) is 16.0 Å². The zero-order valence-corrected chi connectivity index (χ0v) is 14.5. The van der Waals surface area contributed by atoms with E-state index in [9.17, 15) is 18.4 Å². The second-order valence-corrected chi connectivity index (χ2v) is 6.29. The van der Waals surface area contributed by atoms with Crippen LogP contribution >= 0.6 is 0 Å². The Balaban J connectivity index is 1.88. The zero-order valence-electron chi connectivity index (χ0n) is 14.5. The molecule has 0 bridgehead atoms. The molecule has 0 spiro atoms. The molecule has 2 amide bonds. The molecule has 1 aromatic rings. The maximum Gasteiger partial charge on any atom is 0.246 e. The minimum absolute atomic E-state index is 0.0357. The number of hydrogen-bond acceptors (Lipinski definition) is 2. The Labute approximate surface area is 147 Å². The van der Waals surface area contributed by atoms with Gasteiger partial charge in [-0.1, -0.05) is 12.6 Å². The molecule has 2 rings (SSSR count). The van der Waals surface area contributed by atoms with Crippen molar-refractivity contribution in [2.45, 2.75) is 26.2 Å². The first-order chi connectivity index (χ1) is 12.0. The van der Waals surface area contributed by atoms with Crippen molar-refractivity contribution >= 4 is 11.8 Å². The summed E-state index contributed by atoms with van der Waals surface area (Å²) in [6.45, 7) is 6.81. The quantitative estimate of drug-likeness (QED) is 0.740. The Morgan fingerprint density at radius 2 is 1.88 bits per heavy atom. The van der Waals surface area contributed by atoms with Gasteiger partial charge in [-0.3, -0.25) is 9.59 Å². The van der Waals surface area contributed by atoms with Gasteiger partial charge < -0.3 is 9.80 Å². The van der Waals surface area contributed by atoms with E-state index in [1.807, 2.05) is 6.92 Å². The fourth-order valence-corrected chi connectivity index (χ4v) is 3.14. The summed E-state index contributed by atoms with van der Waals surface area (Å²) in [6.07, 6.45) is 2.94. The second-order valence-electron chi connectivity index (χ2n) is 6.29. The number of benzene rings is 1. The lowest BCUT2D eigenvalue weighted by Gasteiger charge is -2.33. The van der Waals surface area contributed by atoms with Crippen LogP contribution in [0.5, 0.6) is 0 Å². The van der Waals surface area contributed by atoms with Gasteiger partial charge >= 0.3 is 0 Å². The molecule has 4 nitrogen and oxygen atoms in total. The number of nitrogens with zero attached hydrogens (tertiary/aromatic N) is 2. The molecular formula is C19H24F2N2O2. The smallest absolute Gasteiger partial charge is 0.246 e. The summed E-state index contributed by atoms with van der Waals surface area (Å²) in [5.41, 5.74) is 0.126. The minimum atomic E-state index is -0.514. The third-order valence-electron chi connectivity index (χ3n) is 4.72. The maximum absolute atomic E-state index is 13.8. The van der Waals surface area contributed by atoms with Crippen LogP contribution in [0.25, 0.3) is 0 Å². The van der Waals surface area contributed by atoms with Crippen molar-refractivity contribution in [3.8, 4) is 0 Å². The number of carbonyl (C=O) groups excluding carboxylic acids is 2. The molecule has 0 N–H and O–H groups in total. The van der Waals surface area contributed by atoms with Crippen LogP contribution in [0.2, 0.25) is 0 Å². The maximum atomic E-state index is 13.8. The molecule has 1 fully saturated rings. The second kappa shape index (κ2) is 8.74. The van der Waals surface area contributed by atoms with Gasteiger partial charge in [0.05, 0.1) is 6.54 Å². The van der Waals surface area contributed by atoms with Crippen LogP contribution < -0.4 is 0 Å². The SMILES string of the molecule is C=CC(=O)N(CC)CC(=O)N1CCC(Cc2c(F)cccc2F)CC1. The number of likely N-dealkylation sites (tertiary alicyclic amines) is 1. The van der Waals surface area contributed by atoms with E-state index in [-0.39, 0.29) is 29.8 Å². The monoisotopic (exact) mass is 350 g/mol. The number of likely N-dealkylation sites (N-methyl/N-ethyl adjacent to an activating group) is 1. The molecule has 6 heteroatoms. The van der Waals surface area contributed by atoms with Crippen LogP contribution in [0, 0.1) is 17.6 Å². The van der Waals surface area contributed by atoms with E-state index in [0.29, 0.717) is 38.9 Å². The number of halogens is 2. The average molecular weight is 350 g/mol. The molecule has 0 saturated carbocycles.